The molecule has 2 heteroatoms. The van der Waals surface area contributed by atoms with Gasteiger partial charge >= 0.3 is 0 Å². The lowest BCUT2D eigenvalue weighted by atomic mass is 9.90. The second-order valence-electron chi connectivity index (χ2n) is 3.83. The van der Waals surface area contributed by atoms with Gasteiger partial charge in [-0.15, -0.1) is 0 Å². The van der Waals surface area contributed by atoms with Gasteiger partial charge in [-0.25, -0.2) is 0 Å². The third-order valence-corrected chi connectivity index (χ3v) is 2.17. The van der Waals surface area contributed by atoms with Crippen LogP contribution in [-0.4, -0.2) is 19.8 Å². The minimum Gasteiger partial charge on any atom is -0.493 e. The van der Waals surface area contributed by atoms with E-state index in [9.17, 15) is 0 Å². The van der Waals surface area contributed by atoms with Crippen LogP contribution < -0.4 is 4.74 Å². The van der Waals surface area contributed by atoms with Crippen LogP contribution in [0.2, 0.25) is 0 Å². The Balaban J connectivity index is 1.86. The van der Waals surface area contributed by atoms with E-state index in [0.29, 0.717) is 0 Å². The maximum absolute atomic E-state index is 5.60. The van der Waals surface area contributed by atoms with Gasteiger partial charge in [-0.3, -0.25) is 0 Å². The first-order valence-electron chi connectivity index (χ1n) is 4.45. The first-order valence-corrected chi connectivity index (χ1v) is 4.45. The minimum absolute atomic E-state index is 0.218. The van der Waals surface area contributed by atoms with Crippen molar-refractivity contribution in [1.29, 1.82) is 0 Å². The van der Waals surface area contributed by atoms with Crippen LogP contribution >= 0.6 is 0 Å². The van der Waals surface area contributed by atoms with Gasteiger partial charge < -0.3 is 9.47 Å². The second kappa shape index (κ2) is 3.38. The highest BCUT2D eigenvalue weighted by Crippen LogP contribution is 2.27. The molecule has 2 nitrogen and oxygen atoms in total. The molecule has 13 heavy (non-hydrogen) atoms. The van der Waals surface area contributed by atoms with Crippen LogP contribution in [0.4, 0.5) is 0 Å². The maximum atomic E-state index is 5.60. The molecular weight excluding hydrogens is 164 g/mol. The third-order valence-electron chi connectivity index (χ3n) is 2.17. The fourth-order valence-electron chi connectivity index (χ4n) is 1.26. The van der Waals surface area contributed by atoms with E-state index in [0.717, 1.165) is 25.6 Å². The topological polar surface area (TPSA) is 18.5 Å². The molecule has 0 saturated carbocycles. The molecule has 0 amide bonds. The van der Waals surface area contributed by atoms with Crippen molar-refractivity contribution < 1.29 is 9.47 Å². The van der Waals surface area contributed by atoms with Gasteiger partial charge in [0.05, 0.1) is 19.8 Å². The summed E-state index contributed by atoms with van der Waals surface area (Å²) in [6.45, 7) is 4.51. The Bertz CT molecular complexity index is 265. The van der Waals surface area contributed by atoms with Crippen molar-refractivity contribution in [2.75, 3.05) is 19.8 Å². The number of hydrogen-bond donors (Lipinski definition) is 0. The summed E-state index contributed by atoms with van der Waals surface area (Å²) in [4.78, 5) is 0. The molecule has 1 aliphatic rings. The molecule has 1 aromatic rings. The predicted molar refractivity (Wildman–Crippen MR) is 49.7 cm³/mol. The minimum atomic E-state index is 0.218. The molecule has 0 aliphatic carbocycles. The molecule has 1 saturated heterocycles. The van der Waals surface area contributed by atoms with Crippen LogP contribution in [0.25, 0.3) is 0 Å². The van der Waals surface area contributed by atoms with Crippen molar-refractivity contribution >= 4 is 0 Å². The number of ether oxygens (including phenoxy) is 2. The van der Waals surface area contributed by atoms with Crippen LogP contribution in [-0.2, 0) is 4.74 Å². The molecule has 0 atom stereocenters. The smallest absolute Gasteiger partial charge is 0.119 e. The molecule has 1 aromatic carbocycles. The normalized spacial score (nSPS) is 19.2. The summed E-state index contributed by atoms with van der Waals surface area (Å²) in [5.41, 5.74) is 0.218. The van der Waals surface area contributed by atoms with Crippen LogP contribution in [0.15, 0.2) is 24.3 Å². The lowest BCUT2D eigenvalue weighted by Crippen LogP contribution is -2.44. The maximum Gasteiger partial charge on any atom is 0.119 e. The molecule has 2 rings (SSSR count). The molecule has 1 radical (unpaired) electrons. The molecule has 0 aromatic heterocycles. The average molecular weight is 177 g/mol. The first-order chi connectivity index (χ1) is 6.29. The lowest BCUT2D eigenvalue weighted by Gasteiger charge is -2.37. The van der Waals surface area contributed by atoms with Crippen molar-refractivity contribution in [3.05, 3.63) is 30.3 Å². The largest absolute Gasteiger partial charge is 0.493 e. The van der Waals surface area contributed by atoms with Crippen molar-refractivity contribution in [2.24, 2.45) is 5.41 Å². The summed E-state index contributed by atoms with van der Waals surface area (Å²) in [6, 6.07) is 10.6. The summed E-state index contributed by atoms with van der Waals surface area (Å²) in [5, 5.41) is 0. The van der Waals surface area contributed by atoms with Gasteiger partial charge in [-0.1, -0.05) is 19.1 Å². The zero-order chi connectivity index (χ0) is 9.15. The number of rotatable bonds is 3. The SMILES string of the molecule is CC1(COc2c[c]ccc2)COC1. The number of hydrogen-bond acceptors (Lipinski definition) is 2. The molecule has 1 heterocycles. The van der Waals surface area contributed by atoms with E-state index in [2.05, 4.69) is 13.0 Å². The predicted octanol–water partition coefficient (Wildman–Crippen LogP) is 1.90. The summed E-state index contributed by atoms with van der Waals surface area (Å²) >= 11 is 0. The van der Waals surface area contributed by atoms with E-state index in [1.807, 2.05) is 24.3 Å². The van der Waals surface area contributed by atoms with Gasteiger partial charge in [-0.05, 0) is 18.2 Å². The van der Waals surface area contributed by atoms with Crippen molar-refractivity contribution in [3.63, 3.8) is 0 Å². The van der Waals surface area contributed by atoms with E-state index in [1.54, 1.807) is 0 Å². The second-order valence-corrected chi connectivity index (χ2v) is 3.83. The zero-order valence-corrected chi connectivity index (χ0v) is 7.75. The Morgan fingerprint density at radius 2 is 2.46 bits per heavy atom. The third kappa shape index (κ3) is 2.01. The lowest BCUT2D eigenvalue weighted by molar-refractivity contribution is -0.120. The Morgan fingerprint density at radius 3 is 3.00 bits per heavy atom. The van der Waals surface area contributed by atoms with Crippen LogP contribution in [0.5, 0.6) is 5.75 Å². The Labute approximate surface area is 78.5 Å². The van der Waals surface area contributed by atoms with Gasteiger partial charge in [0.1, 0.15) is 5.75 Å². The molecule has 69 valence electrons. The highest BCUT2D eigenvalue weighted by atomic mass is 16.5. The highest BCUT2D eigenvalue weighted by molar-refractivity contribution is 5.20. The molecule has 0 spiro atoms. The van der Waals surface area contributed by atoms with Gasteiger partial charge in [0.2, 0.25) is 0 Å². The van der Waals surface area contributed by atoms with E-state index in [-0.39, 0.29) is 5.41 Å². The Kier molecular flexibility index (Phi) is 2.23. The fraction of sp³-hybridized carbons (Fsp3) is 0.455. The van der Waals surface area contributed by atoms with Gasteiger partial charge in [0.25, 0.3) is 0 Å². The molecule has 0 bridgehead atoms. The van der Waals surface area contributed by atoms with Gasteiger partial charge in [0, 0.05) is 5.41 Å². The molecule has 0 N–H and O–H groups in total. The summed E-state index contributed by atoms with van der Waals surface area (Å²) in [7, 11) is 0. The van der Waals surface area contributed by atoms with Crippen LogP contribution in [0.3, 0.4) is 0 Å². The summed E-state index contributed by atoms with van der Waals surface area (Å²) in [5.74, 6) is 0.885. The average Bonchev–Trinajstić information content (AvgIpc) is 2.13. The van der Waals surface area contributed by atoms with E-state index >= 15 is 0 Å². The molecule has 0 unspecified atom stereocenters. The molecule has 1 fully saturated rings. The zero-order valence-electron chi connectivity index (χ0n) is 7.75. The summed E-state index contributed by atoms with van der Waals surface area (Å²) < 4.78 is 10.7. The van der Waals surface area contributed by atoms with E-state index < -0.39 is 0 Å². The standard InChI is InChI=1S/C11H13O2/c1-11(7-12-8-11)9-13-10-5-3-2-4-6-10/h2-3,5-6H,7-9H2,1H3. The quantitative estimate of drug-likeness (QED) is 0.702. The molecular formula is C11H13O2. The van der Waals surface area contributed by atoms with Crippen LogP contribution in [0.1, 0.15) is 6.92 Å². The number of benzene rings is 1. The Morgan fingerprint density at radius 1 is 1.62 bits per heavy atom. The van der Waals surface area contributed by atoms with Crippen molar-refractivity contribution in [3.8, 4) is 5.75 Å². The Hall–Kier alpha value is -1.02. The fourth-order valence-corrected chi connectivity index (χ4v) is 1.26. The van der Waals surface area contributed by atoms with Crippen molar-refractivity contribution in [2.45, 2.75) is 6.92 Å². The monoisotopic (exact) mass is 177 g/mol. The summed E-state index contributed by atoms with van der Waals surface area (Å²) in [6.07, 6.45) is 0. The molecule has 1 aliphatic heterocycles. The van der Waals surface area contributed by atoms with Gasteiger partial charge in [-0.2, -0.15) is 0 Å². The van der Waals surface area contributed by atoms with Gasteiger partial charge in [0.15, 0.2) is 0 Å². The van der Waals surface area contributed by atoms with E-state index in [1.165, 1.54) is 0 Å². The van der Waals surface area contributed by atoms with E-state index in [4.69, 9.17) is 9.47 Å². The van der Waals surface area contributed by atoms with Crippen molar-refractivity contribution in [1.82, 2.24) is 0 Å². The van der Waals surface area contributed by atoms with Crippen LogP contribution in [0, 0.1) is 11.5 Å². The first kappa shape index (κ1) is 8.57. The highest BCUT2D eigenvalue weighted by Gasteiger charge is 2.34.